The van der Waals surface area contributed by atoms with Gasteiger partial charge in [0.25, 0.3) is 0 Å². The molecule has 2 atom stereocenters. The SMILES string of the molecule is Cc1ccc(C(=O)OOOC(=O)OC2CC(C)CC(C)(C)C2)cc1. The van der Waals surface area contributed by atoms with Gasteiger partial charge in [0.1, 0.15) is 6.10 Å². The predicted octanol–water partition coefficient (Wildman–Crippen LogP) is 4.37. The number of benzene rings is 1. The molecule has 1 aromatic rings. The van der Waals surface area contributed by atoms with E-state index in [1.165, 1.54) is 0 Å². The Kier molecular flexibility index (Phi) is 5.83. The summed E-state index contributed by atoms with van der Waals surface area (Å²) in [6.45, 7) is 8.31. The van der Waals surface area contributed by atoms with Crippen molar-refractivity contribution < 1.29 is 29.1 Å². The Morgan fingerprint density at radius 1 is 1.08 bits per heavy atom. The maximum Gasteiger partial charge on any atom is 0.543 e. The molecular weight excluding hydrogens is 312 g/mol. The Balaban J connectivity index is 1.73. The minimum absolute atomic E-state index is 0.112. The van der Waals surface area contributed by atoms with Gasteiger partial charge in [-0.15, -0.1) is 0 Å². The molecule has 0 amide bonds. The van der Waals surface area contributed by atoms with E-state index in [1.54, 1.807) is 24.3 Å². The molecule has 0 spiro atoms. The molecular formula is C18H24O6. The summed E-state index contributed by atoms with van der Waals surface area (Å²) in [6.07, 6.45) is 1.39. The van der Waals surface area contributed by atoms with Crippen LogP contribution in [0, 0.1) is 18.3 Å². The minimum Gasteiger partial charge on any atom is -0.429 e. The second-order valence-corrected chi connectivity index (χ2v) is 7.29. The number of ether oxygens (including phenoxy) is 1. The van der Waals surface area contributed by atoms with Crippen molar-refractivity contribution in [1.82, 2.24) is 0 Å². The molecule has 1 fully saturated rings. The first-order valence-electron chi connectivity index (χ1n) is 8.08. The van der Waals surface area contributed by atoms with Gasteiger partial charge < -0.3 is 4.74 Å². The lowest BCUT2D eigenvalue weighted by atomic mass is 9.71. The van der Waals surface area contributed by atoms with E-state index in [0.29, 0.717) is 11.5 Å². The van der Waals surface area contributed by atoms with Crippen LogP contribution in [0.15, 0.2) is 24.3 Å². The molecule has 1 saturated carbocycles. The first-order valence-corrected chi connectivity index (χ1v) is 8.08. The third-order valence-electron chi connectivity index (χ3n) is 4.11. The van der Waals surface area contributed by atoms with Gasteiger partial charge in [0.05, 0.1) is 10.6 Å². The highest BCUT2D eigenvalue weighted by Gasteiger charge is 2.34. The summed E-state index contributed by atoms with van der Waals surface area (Å²) in [5, 5.41) is 4.24. The van der Waals surface area contributed by atoms with Crippen LogP contribution in [0.3, 0.4) is 0 Å². The van der Waals surface area contributed by atoms with E-state index in [1.807, 2.05) is 6.92 Å². The zero-order valence-electron chi connectivity index (χ0n) is 14.5. The Bertz CT molecular complexity index is 578. The molecule has 2 unspecified atom stereocenters. The summed E-state index contributed by atoms with van der Waals surface area (Å²) in [6, 6.07) is 6.70. The van der Waals surface area contributed by atoms with E-state index in [2.05, 4.69) is 35.6 Å². The van der Waals surface area contributed by atoms with Crippen LogP contribution in [0.1, 0.15) is 56.0 Å². The van der Waals surface area contributed by atoms with E-state index < -0.39 is 12.1 Å². The van der Waals surface area contributed by atoms with Gasteiger partial charge in [-0.25, -0.2) is 14.5 Å². The third-order valence-corrected chi connectivity index (χ3v) is 4.11. The smallest absolute Gasteiger partial charge is 0.429 e. The molecule has 24 heavy (non-hydrogen) atoms. The number of hydrogen-bond donors (Lipinski definition) is 0. The average Bonchev–Trinajstić information content (AvgIpc) is 2.45. The molecule has 6 nitrogen and oxygen atoms in total. The van der Waals surface area contributed by atoms with E-state index in [9.17, 15) is 9.59 Å². The second-order valence-electron chi connectivity index (χ2n) is 7.29. The maximum absolute atomic E-state index is 11.7. The van der Waals surface area contributed by atoms with Crippen LogP contribution in [0.25, 0.3) is 0 Å². The minimum atomic E-state index is -1.01. The summed E-state index contributed by atoms with van der Waals surface area (Å²) in [4.78, 5) is 32.1. The molecule has 1 aliphatic rings. The van der Waals surface area contributed by atoms with Crippen molar-refractivity contribution in [2.45, 2.75) is 53.1 Å². The van der Waals surface area contributed by atoms with Crippen molar-refractivity contribution in [2.75, 3.05) is 0 Å². The molecule has 0 radical (unpaired) electrons. The number of aryl methyl sites for hydroxylation is 1. The zero-order valence-corrected chi connectivity index (χ0v) is 14.5. The van der Waals surface area contributed by atoms with Crippen LogP contribution >= 0.6 is 0 Å². The molecule has 1 aromatic carbocycles. The van der Waals surface area contributed by atoms with Crippen molar-refractivity contribution in [2.24, 2.45) is 11.3 Å². The lowest BCUT2D eigenvalue weighted by molar-refractivity contribution is -0.453. The first kappa shape index (κ1) is 18.3. The number of carbonyl (C=O) groups excluding carboxylic acids is 2. The monoisotopic (exact) mass is 336 g/mol. The van der Waals surface area contributed by atoms with E-state index in [0.717, 1.165) is 24.8 Å². The fourth-order valence-electron chi connectivity index (χ4n) is 3.32. The molecule has 6 heteroatoms. The highest BCUT2D eigenvalue weighted by Crippen LogP contribution is 2.39. The van der Waals surface area contributed by atoms with Gasteiger partial charge in [-0.3, -0.25) is 4.89 Å². The van der Waals surface area contributed by atoms with Crippen LogP contribution in [0.4, 0.5) is 4.79 Å². The summed E-state index contributed by atoms with van der Waals surface area (Å²) >= 11 is 0. The summed E-state index contributed by atoms with van der Waals surface area (Å²) < 4.78 is 5.22. The van der Waals surface area contributed by atoms with Crippen molar-refractivity contribution in [1.29, 1.82) is 0 Å². The van der Waals surface area contributed by atoms with E-state index in [4.69, 9.17) is 4.74 Å². The standard InChI is InChI=1S/C18H24O6/c1-12-5-7-14(8-6-12)16(19)22-24-23-17(20)21-15-9-13(2)10-18(3,4)11-15/h5-8,13,15H,9-11H2,1-4H3. The summed E-state index contributed by atoms with van der Waals surface area (Å²) in [7, 11) is 0. The summed E-state index contributed by atoms with van der Waals surface area (Å²) in [5.74, 6) is -0.290. The van der Waals surface area contributed by atoms with Gasteiger partial charge in [0.2, 0.25) is 0 Å². The quantitative estimate of drug-likeness (QED) is 0.462. The molecule has 0 heterocycles. The molecule has 132 valence electrons. The fraction of sp³-hybridized carbons (Fsp3) is 0.556. The Hall–Kier alpha value is -2.08. The second kappa shape index (κ2) is 7.66. The molecule has 1 aliphatic carbocycles. The van der Waals surface area contributed by atoms with Crippen LogP contribution < -0.4 is 0 Å². The average molecular weight is 336 g/mol. The van der Waals surface area contributed by atoms with Gasteiger partial charge in [-0.2, -0.15) is 0 Å². The molecule has 0 aliphatic heterocycles. The van der Waals surface area contributed by atoms with Crippen LogP contribution in [0.5, 0.6) is 0 Å². The van der Waals surface area contributed by atoms with E-state index >= 15 is 0 Å². The zero-order chi connectivity index (χ0) is 17.7. The molecule has 2 rings (SSSR count). The third kappa shape index (κ3) is 5.53. The van der Waals surface area contributed by atoms with E-state index in [-0.39, 0.29) is 11.5 Å². The maximum atomic E-state index is 11.7. The lowest BCUT2D eigenvalue weighted by Crippen LogP contribution is -2.34. The molecule has 0 aromatic heterocycles. The normalized spacial score (nSPS) is 22.5. The van der Waals surface area contributed by atoms with Gasteiger partial charge in [-0.05, 0) is 49.7 Å². The number of carbonyl (C=O) groups is 2. The Labute approximate surface area is 141 Å². The summed E-state index contributed by atoms with van der Waals surface area (Å²) in [5.41, 5.74) is 1.42. The van der Waals surface area contributed by atoms with Crippen molar-refractivity contribution >= 4 is 12.1 Å². The first-order chi connectivity index (χ1) is 11.2. The topological polar surface area (TPSA) is 71.1 Å². The van der Waals surface area contributed by atoms with Gasteiger partial charge >= 0.3 is 12.1 Å². The van der Waals surface area contributed by atoms with Crippen molar-refractivity contribution in [3.63, 3.8) is 0 Å². The van der Waals surface area contributed by atoms with Gasteiger partial charge in [-0.1, -0.05) is 38.5 Å². The lowest BCUT2D eigenvalue weighted by Gasteiger charge is -2.37. The van der Waals surface area contributed by atoms with Crippen LogP contribution in [-0.2, 0) is 19.6 Å². The van der Waals surface area contributed by atoms with Crippen molar-refractivity contribution in [3.8, 4) is 0 Å². The highest BCUT2D eigenvalue weighted by atomic mass is 17.5. The van der Waals surface area contributed by atoms with Gasteiger partial charge in [0.15, 0.2) is 0 Å². The van der Waals surface area contributed by atoms with Crippen LogP contribution in [-0.4, -0.2) is 18.2 Å². The predicted molar refractivity (Wildman–Crippen MR) is 85.8 cm³/mol. The van der Waals surface area contributed by atoms with Gasteiger partial charge in [0, 0.05) is 0 Å². The molecule has 0 bridgehead atoms. The van der Waals surface area contributed by atoms with Crippen LogP contribution in [0.2, 0.25) is 0 Å². The fourth-order valence-corrected chi connectivity index (χ4v) is 3.32. The Morgan fingerprint density at radius 2 is 1.75 bits per heavy atom. The van der Waals surface area contributed by atoms with Crippen molar-refractivity contribution in [3.05, 3.63) is 35.4 Å². The largest absolute Gasteiger partial charge is 0.543 e. The highest BCUT2D eigenvalue weighted by molar-refractivity contribution is 5.88. The number of hydrogen-bond acceptors (Lipinski definition) is 6. The Morgan fingerprint density at radius 3 is 2.38 bits per heavy atom. The molecule has 0 saturated heterocycles. The molecule has 0 N–H and O–H groups in total. The number of rotatable bonds is 4.